The molecule has 3 atom stereocenters. The summed E-state index contributed by atoms with van der Waals surface area (Å²) in [6.07, 6.45) is 3.09. The first-order valence-corrected chi connectivity index (χ1v) is 12.9. The van der Waals surface area contributed by atoms with Gasteiger partial charge in [-0.2, -0.15) is 0 Å². The Bertz CT molecular complexity index is 1480. The second kappa shape index (κ2) is 9.87. The lowest BCUT2D eigenvalue weighted by atomic mass is 10.1. The Morgan fingerprint density at radius 1 is 1.18 bits per heavy atom. The van der Waals surface area contributed by atoms with E-state index in [1.165, 1.54) is 13.0 Å². The number of fused-ring (bicyclic) bond motifs is 2. The lowest BCUT2D eigenvalue weighted by molar-refractivity contribution is -0.140. The fourth-order valence-electron chi connectivity index (χ4n) is 5.37. The summed E-state index contributed by atoms with van der Waals surface area (Å²) in [6.45, 7) is 1.41. The summed E-state index contributed by atoms with van der Waals surface area (Å²) in [5.41, 5.74) is 2.12. The fraction of sp³-hybridized carbons (Fsp3) is 0.357. The number of likely N-dealkylation sites (tertiary alicyclic amines) is 1. The van der Waals surface area contributed by atoms with Gasteiger partial charge in [-0.15, -0.1) is 0 Å². The highest BCUT2D eigenvalue weighted by atomic mass is 35.5. The van der Waals surface area contributed by atoms with Gasteiger partial charge in [0.1, 0.15) is 24.2 Å². The quantitative estimate of drug-likeness (QED) is 0.272. The van der Waals surface area contributed by atoms with Crippen LogP contribution < -0.4 is 5.32 Å². The van der Waals surface area contributed by atoms with Crippen molar-refractivity contribution >= 4 is 45.9 Å². The standard InChI is InChI=1S/C28H29ClFN5O3/c1-15(36)20-13-34(23-9-16(7-8-19(20)23)27(31)33(2)3)14-25(37)35-22-10-18(22)11-24(35)28(38)32-12-17-5-4-6-21(29)26(17)30/h4-9,13,18,22,24,31H,10-12,14H2,1-3H3,(H,32,38). The molecular formula is C28H29ClFN5O3. The van der Waals surface area contributed by atoms with E-state index in [9.17, 15) is 18.8 Å². The third-order valence-corrected chi connectivity index (χ3v) is 7.76. The first-order valence-electron chi connectivity index (χ1n) is 12.5. The third kappa shape index (κ3) is 4.67. The second-order valence-electron chi connectivity index (χ2n) is 10.2. The highest BCUT2D eigenvalue weighted by Crippen LogP contribution is 2.48. The lowest BCUT2D eigenvalue weighted by Gasteiger charge is -2.27. The first kappa shape index (κ1) is 25.9. The molecule has 2 aliphatic rings. The number of aromatic nitrogens is 1. The Hall–Kier alpha value is -3.72. The van der Waals surface area contributed by atoms with E-state index in [2.05, 4.69) is 5.32 Å². The summed E-state index contributed by atoms with van der Waals surface area (Å²) in [5.74, 6) is -0.648. The number of hydrogen-bond donors (Lipinski definition) is 2. The molecule has 1 aliphatic heterocycles. The van der Waals surface area contributed by atoms with E-state index in [1.807, 2.05) is 6.07 Å². The van der Waals surface area contributed by atoms with Crippen molar-refractivity contribution in [1.29, 1.82) is 5.41 Å². The molecule has 38 heavy (non-hydrogen) atoms. The minimum atomic E-state index is -0.639. The monoisotopic (exact) mass is 537 g/mol. The first-order chi connectivity index (χ1) is 18.1. The Balaban J connectivity index is 1.37. The van der Waals surface area contributed by atoms with Gasteiger partial charge in [0.2, 0.25) is 11.8 Å². The largest absolute Gasteiger partial charge is 0.363 e. The van der Waals surface area contributed by atoms with Gasteiger partial charge in [-0.05, 0) is 37.8 Å². The van der Waals surface area contributed by atoms with Gasteiger partial charge in [-0.1, -0.05) is 35.9 Å². The average Bonchev–Trinajstić information content (AvgIpc) is 3.39. The minimum absolute atomic E-state index is 0.00717. The summed E-state index contributed by atoms with van der Waals surface area (Å²) in [5, 5.41) is 11.8. The van der Waals surface area contributed by atoms with Crippen molar-refractivity contribution < 1.29 is 18.8 Å². The Morgan fingerprint density at radius 3 is 2.66 bits per heavy atom. The maximum Gasteiger partial charge on any atom is 0.243 e. The normalized spacial score (nSPS) is 19.8. The molecule has 2 aromatic carbocycles. The molecule has 1 saturated heterocycles. The number of rotatable bonds is 7. The lowest BCUT2D eigenvalue weighted by Crippen LogP contribution is -2.48. The molecule has 0 radical (unpaired) electrons. The van der Waals surface area contributed by atoms with Crippen LogP contribution in [0.3, 0.4) is 0 Å². The van der Waals surface area contributed by atoms with Gasteiger partial charge in [0.15, 0.2) is 5.78 Å². The molecule has 3 unspecified atom stereocenters. The summed E-state index contributed by atoms with van der Waals surface area (Å²) in [7, 11) is 3.56. The fourth-order valence-corrected chi connectivity index (χ4v) is 5.56. The molecule has 1 saturated carbocycles. The number of nitrogens with zero attached hydrogens (tertiary/aromatic N) is 3. The van der Waals surface area contributed by atoms with Gasteiger partial charge >= 0.3 is 0 Å². The summed E-state index contributed by atoms with van der Waals surface area (Å²) < 4.78 is 16.0. The molecule has 1 aliphatic carbocycles. The molecule has 0 spiro atoms. The second-order valence-corrected chi connectivity index (χ2v) is 10.7. The number of ketones is 1. The molecule has 198 valence electrons. The number of benzene rings is 2. The van der Waals surface area contributed by atoms with E-state index in [0.29, 0.717) is 34.3 Å². The van der Waals surface area contributed by atoms with Crippen molar-refractivity contribution in [3.05, 3.63) is 70.1 Å². The van der Waals surface area contributed by atoms with Gasteiger partial charge in [-0.25, -0.2) is 4.39 Å². The molecule has 8 nitrogen and oxygen atoms in total. The maximum absolute atomic E-state index is 14.3. The van der Waals surface area contributed by atoms with Crippen LogP contribution in [0.1, 0.15) is 41.3 Å². The Kier molecular flexibility index (Phi) is 6.73. The number of amides is 2. The van der Waals surface area contributed by atoms with E-state index < -0.39 is 11.9 Å². The van der Waals surface area contributed by atoms with Gasteiger partial charge in [-0.3, -0.25) is 19.8 Å². The molecular weight excluding hydrogens is 509 g/mol. The van der Waals surface area contributed by atoms with Crippen molar-refractivity contribution in [3.8, 4) is 0 Å². The van der Waals surface area contributed by atoms with E-state index in [-0.39, 0.29) is 53.2 Å². The number of hydrogen-bond acceptors (Lipinski definition) is 4. The molecule has 2 amide bonds. The number of carbonyl (C=O) groups is 3. The average molecular weight is 538 g/mol. The molecule has 0 bridgehead atoms. The van der Waals surface area contributed by atoms with Gasteiger partial charge in [0.05, 0.1) is 5.02 Å². The molecule has 2 N–H and O–H groups in total. The molecule has 3 aromatic rings. The summed E-state index contributed by atoms with van der Waals surface area (Å²) in [6, 6.07) is 9.40. The molecule has 2 heterocycles. The zero-order chi connectivity index (χ0) is 27.3. The van der Waals surface area contributed by atoms with Gasteiger partial charge < -0.3 is 19.7 Å². The summed E-state index contributed by atoms with van der Waals surface area (Å²) >= 11 is 5.85. The van der Waals surface area contributed by atoms with Crippen molar-refractivity contribution in [3.63, 3.8) is 0 Å². The highest BCUT2D eigenvalue weighted by molar-refractivity contribution is 6.30. The topological polar surface area (TPSA) is 98.5 Å². The van der Waals surface area contributed by atoms with Gasteiger partial charge in [0.25, 0.3) is 0 Å². The van der Waals surface area contributed by atoms with Crippen molar-refractivity contribution in [2.45, 2.75) is 44.9 Å². The van der Waals surface area contributed by atoms with E-state index in [4.69, 9.17) is 17.0 Å². The van der Waals surface area contributed by atoms with Crippen LogP contribution in [0.2, 0.25) is 5.02 Å². The smallest absolute Gasteiger partial charge is 0.243 e. The maximum atomic E-state index is 14.3. The van der Waals surface area contributed by atoms with Crippen LogP contribution in [0.4, 0.5) is 4.39 Å². The molecule has 5 rings (SSSR count). The van der Waals surface area contributed by atoms with Crippen LogP contribution in [-0.4, -0.2) is 64.0 Å². The third-order valence-electron chi connectivity index (χ3n) is 7.47. The predicted octanol–water partition coefficient (Wildman–Crippen LogP) is 3.83. The number of Topliss-reactive ketones (excluding diaryl/α,β-unsaturated/α-hetero) is 1. The molecule has 2 fully saturated rings. The number of carbonyl (C=O) groups excluding carboxylic acids is 3. The van der Waals surface area contributed by atoms with E-state index in [0.717, 1.165) is 6.42 Å². The van der Waals surface area contributed by atoms with Crippen molar-refractivity contribution in [2.75, 3.05) is 14.1 Å². The Labute approximate surface area is 224 Å². The Morgan fingerprint density at radius 2 is 1.95 bits per heavy atom. The number of amidine groups is 1. The number of nitrogens with one attached hydrogen (secondary N) is 2. The minimum Gasteiger partial charge on any atom is -0.363 e. The van der Waals surface area contributed by atoms with E-state index >= 15 is 0 Å². The van der Waals surface area contributed by atoms with Crippen LogP contribution in [0.15, 0.2) is 42.6 Å². The predicted molar refractivity (Wildman–Crippen MR) is 143 cm³/mol. The molecule has 1 aromatic heterocycles. The van der Waals surface area contributed by atoms with Crippen molar-refractivity contribution in [2.24, 2.45) is 5.92 Å². The van der Waals surface area contributed by atoms with Crippen LogP contribution in [0.5, 0.6) is 0 Å². The van der Waals surface area contributed by atoms with Crippen LogP contribution in [0.25, 0.3) is 10.9 Å². The SMILES string of the molecule is CC(=O)c1cn(CC(=O)N2C(C(=O)NCc3cccc(Cl)c3F)CC3CC32)c2cc(C(=N)N(C)C)ccc12. The number of piperidine rings is 1. The number of halogens is 2. The van der Waals surface area contributed by atoms with Crippen LogP contribution >= 0.6 is 11.6 Å². The van der Waals surface area contributed by atoms with Crippen molar-refractivity contribution in [1.82, 2.24) is 19.7 Å². The van der Waals surface area contributed by atoms with E-state index in [1.54, 1.807) is 58.9 Å². The van der Waals surface area contributed by atoms with Crippen LogP contribution in [0, 0.1) is 17.1 Å². The molecule has 10 heteroatoms. The highest BCUT2D eigenvalue weighted by Gasteiger charge is 2.55. The summed E-state index contributed by atoms with van der Waals surface area (Å²) in [4.78, 5) is 42.4. The zero-order valence-electron chi connectivity index (χ0n) is 21.4. The van der Waals surface area contributed by atoms with Crippen LogP contribution in [-0.2, 0) is 22.7 Å². The van der Waals surface area contributed by atoms with Gasteiger partial charge in [0, 0.05) is 60.5 Å². The zero-order valence-corrected chi connectivity index (χ0v) is 22.2.